The van der Waals surface area contributed by atoms with Gasteiger partial charge in [-0.25, -0.2) is 4.68 Å². The van der Waals surface area contributed by atoms with Gasteiger partial charge in [0.05, 0.1) is 18.5 Å². The van der Waals surface area contributed by atoms with Crippen molar-refractivity contribution in [3.05, 3.63) is 102 Å². The molecule has 1 amide bonds. The minimum atomic E-state index is -0.112. The van der Waals surface area contributed by atoms with E-state index >= 15 is 0 Å². The number of ether oxygens (including phenoxy) is 1. The highest BCUT2D eigenvalue weighted by atomic mass is 16.5. The number of rotatable bonds is 6. The first-order valence-electron chi connectivity index (χ1n) is 9.36. The molecule has 0 radical (unpaired) electrons. The van der Waals surface area contributed by atoms with Crippen LogP contribution in [0.1, 0.15) is 15.9 Å². The second kappa shape index (κ2) is 8.44. The van der Waals surface area contributed by atoms with E-state index in [1.165, 1.54) is 0 Å². The highest BCUT2D eigenvalue weighted by Gasteiger charge is 2.14. The number of nitrogens with zero attached hydrogens (tertiary/aromatic N) is 2. The first-order valence-corrected chi connectivity index (χ1v) is 9.36. The van der Waals surface area contributed by atoms with E-state index in [2.05, 4.69) is 5.32 Å². The SMILES string of the molecule is COc1ccc(-c2nn(-c3ccccc3)cc2CNC(=O)c2ccccc2)cc1. The van der Waals surface area contributed by atoms with Crippen LogP contribution < -0.4 is 10.1 Å². The number of carbonyl (C=O) groups is 1. The molecule has 0 aliphatic carbocycles. The van der Waals surface area contributed by atoms with Gasteiger partial charge in [0.1, 0.15) is 5.75 Å². The summed E-state index contributed by atoms with van der Waals surface area (Å²) in [4.78, 5) is 12.5. The zero-order valence-corrected chi connectivity index (χ0v) is 16.1. The van der Waals surface area contributed by atoms with Crippen molar-refractivity contribution in [2.75, 3.05) is 7.11 Å². The summed E-state index contributed by atoms with van der Waals surface area (Å²) in [5.41, 5.74) is 4.31. The molecule has 0 atom stereocenters. The van der Waals surface area contributed by atoms with E-state index in [1.807, 2.05) is 83.7 Å². The molecule has 0 aliphatic rings. The van der Waals surface area contributed by atoms with Crippen LogP contribution in [0.3, 0.4) is 0 Å². The van der Waals surface area contributed by atoms with E-state index < -0.39 is 0 Å². The molecule has 0 fully saturated rings. The first-order chi connectivity index (χ1) is 14.2. The van der Waals surface area contributed by atoms with Gasteiger partial charge in [0.25, 0.3) is 5.91 Å². The Morgan fingerprint density at radius 2 is 1.59 bits per heavy atom. The number of benzene rings is 3. The zero-order valence-electron chi connectivity index (χ0n) is 16.1. The van der Waals surface area contributed by atoms with Gasteiger partial charge in [-0.15, -0.1) is 0 Å². The van der Waals surface area contributed by atoms with Crippen molar-refractivity contribution in [2.45, 2.75) is 6.54 Å². The van der Waals surface area contributed by atoms with Crippen LogP contribution in [-0.4, -0.2) is 22.8 Å². The molecule has 29 heavy (non-hydrogen) atoms. The fourth-order valence-electron chi connectivity index (χ4n) is 3.11. The number of para-hydroxylation sites is 1. The van der Waals surface area contributed by atoms with Crippen molar-refractivity contribution in [1.82, 2.24) is 15.1 Å². The van der Waals surface area contributed by atoms with Gasteiger partial charge in [0, 0.05) is 29.4 Å². The van der Waals surface area contributed by atoms with Crippen LogP contribution >= 0.6 is 0 Å². The second-order valence-corrected chi connectivity index (χ2v) is 6.56. The van der Waals surface area contributed by atoms with Gasteiger partial charge in [-0.3, -0.25) is 4.79 Å². The monoisotopic (exact) mass is 383 g/mol. The smallest absolute Gasteiger partial charge is 0.251 e. The Morgan fingerprint density at radius 3 is 2.24 bits per heavy atom. The van der Waals surface area contributed by atoms with Crippen LogP contribution in [0.2, 0.25) is 0 Å². The number of hydrogen-bond acceptors (Lipinski definition) is 3. The van der Waals surface area contributed by atoms with E-state index in [0.29, 0.717) is 12.1 Å². The summed E-state index contributed by atoms with van der Waals surface area (Å²) < 4.78 is 7.09. The summed E-state index contributed by atoms with van der Waals surface area (Å²) in [6.07, 6.45) is 1.96. The van der Waals surface area contributed by atoms with Crippen LogP contribution in [0.25, 0.3) is 16.9 Å². The summed E-state index contributed by atoms with van der Waals surface area (Å²) in [6, 6.07) is 26.9. The summed E-state index contributed by atoms with van der Waals surface area (Å²) in [7, 11) is 1.64. The third-order valence-corrected chi connectivity index (χ3v) is 4.65. The third kappa shape index (κ3) is 4.19. The molecule has 3 aromatic carbocycles. The fourth-order valence-corrected chi connectivity index (χ4v) is 3.11. The Hall–Kier alpha value is -3.86. The maximum Gasteiger partial charge on any atom is 0.251 e. The molecule has 1 aromatic heterocycles. The van der Waals surface area contributed by atoms with Gasteiger partial charge in [-0.05, 0) is 48.5 Å². The van der Waals surface area contributed by atoms with Crippen LogP contribution in [0.4, 0.5) is 0 Å². The predicted molar refractivity (Wildman–Crippen MR) is 113 cm³/mol. The number of amides is 1. The number of nitrogens with one attached hydrogen (secondary N) is 1. The molecular formula is C24H21N3O2. The summed E-state index contributed by atoms with van der Waals surface area (Å²) >= 11 is 0. The number of aromatic nitrogens is 2. The minimum absolute atomic E-state index is 0.112. The van der Waals surface area contributed by atoms with Crippen LogP contribution in [0.5, 0.6) is 5.75 Å². The second-order valence-electron chi connectivity index (χ2n) is 6.56. The van der Waals surface area contributed by atoms with Gasteiger partial charge in [-0.1, -0.05) is 36.4 Å². The van der Waals surface area contributed by atoms with Gasteiger partial charge < -0.3 is 10.1 Å². The maximum absolute atomic E-state index is 12.5. The normalized spacial score (nSPS) is 10.5. The molecule has 1 heterocycles. The molecule has 0 spiro atoms. The number of carbonyl (C=O) groups excluding carboxylic acids is 1. The lowest BCUT2D eigenvalue weighted by molar-refractivity contribution is 0.0951. The van der Waals surface area contributed by atoms with Gasteiger partial charge >= 0.3 is 0 Å². The van der Waals surface area contributed by atoms with Gasteiger partial charge in [0.15, 0.2) is 0 Å². The van der Waals surface area contributed by atoms with Crippen LogP contribution in [-0.2, 0) is 6.54 Å². The Morgan fingerprint density at radius 1 is 0.931 bits per heavy atom. The molecule has 0 bridgehead atoms. The van der Waals surface area contributed by atoms with E-state index in [9.17, 15) is 4.79 Å². The van der Waals surface area contributed by atoms with Gasteiger partial charge in [0.2, 0.25) is 0 Å². The molecule has 0 unspecified atom stereocenters. The predicted octanol–water partition coefficient (Wildman–Crippen LogP) is 4.48. The molecule has 5 heteroatoms. The molecular weight excluding hydrogens is 362 g/mol. The number of methoxy groups -OCH3 is 1. The summed E-state index contributed by atoms with van der Waals surface area (Å²) in [6.45, 7) is 0.377. The van der Waals surface area contributed by atoms with Gasteiger partial charge in [-0.2, -0.15) is 5.10 Å². The Kier molecular flexibility index (Phi) is 5.38. The zero-order chi connectivity index (χ0) is 20.1. The summed E-state index contributed by atoms with van der Waals surface area (Å²) in [5.74, 6) is 0.675. The fraction of sp³-hybridized carbons (Fsp3) is 0.0833. The van der Waals surface area contributed by atoms with Crippen molar-refractivity contribution in [1.29, 1.82) is 0 Å². The Bertz CT molecular complexity index is 1090. The Balaban J connectivity index is 1.65. The van der Waals surface area contributed by atoms with Crippen molar-refractivity contribution in [2.24, 2.45) is 0 Å². The van der Waals surface area contributed by atoms with Crippen molar-refractivity contribution < 1.29 is 9.53 Å². The van der Waals surface area contributed by atoms with E-state index in [1.54, 1.807) is 19.2 Å². The summed E-state index contributed by atoms with van der Waals surface area (Å²) in [5, 5.41) is 7.78. The van der Waals surface area contributed by atoms with E-state index in [4.69, 9.17) is 9.84 Å². The molecule has 0 saturated heterocycles. The van der Waals surface area contributed by atoms with Crippen LogP contribution in [0, 0.1) is 0 Å². The van der Waals surface area contributed by atoms with E-state index in [-0.39, 0.29) is 5.91 Å². The van der Waals surface area contributed by atoms with Crippen molar-refractivity contribution in [3.8, 4) is 22.7 Å². The van der Waals surface area contributed by atoms with Crippen LogP contribution in [0.15, 0.2) is 91.1 Å². The molecule has 4 aromatic rings. The lowest BCUT2D eigenvalue weighted by Gasteiger charge is -2.06. The first kappa shape index (κ1) is 18.5. The quantitative estimate of drug-likeness (QED) is 0.534. The average Bonchev–Trinajstić information content (AvgIpc) is 3.23. The molecule has 4 rings (SSSR count). The van der Waals surface area contributed by atoms with Crippen molar-refractivity contribution in [3.63, 3.8) is 0 Å². The largest absolute Gasteiger partial charge is 0.497 e. The standard InChI is InChI=1S/C24H21N3O2/c1-29-22-14-12-18(13-15-22)23-20(16-25-24(28)19-8-4-2-5-9-19)17-27(26-23)21-10-6-3-7-11-21/h2-15,17H,16H2,1H3,(H,25,28). The molecule has 0 saturated carbocycles. The third-order valence-electron chi connectivity index (χ3n) is 4.65. The molecule has 1 N–H and O–H groups in total. The lowest BCUT2D eigenvalue weighted by atomic mass is 10.1. The molecule has 0 aliphatic heterocycles. The highest BCUT2D eigenvalue weighted by molar-refractivity contribution is 5.94. The average molecular weight is 383 g/mol. The van der Waals surface area contributed by atoms with Crippen molar-refractivity contribution >= 4 is 5.91 Å². The number of hydrogen-bond donors (Lipinski definition) is 1. The topological polar surface area (TPSA) is 56.1 Å². The maximum atomic E-state index is 12.5. The molecule has 5 nitrogen and oxygen atoms in total. The minimum Gasteiger partial charge on any atom is -0.497 e. The Labute approximate surface area is 169 Å². The molecule has 144 valence electrons. The highest BCUT2D eigenvalue weighted by Crippen LogP contribution is 2.26. The lowest BCUT2D eigenvalue weighted by Crippen LogP contribution is -2.22. The van der Waals surface area contributed by atoms with E-state index in [0.717, 1.165) is 28.3 Å².